The predicted molar refractivity (Wildman–Crippen MR) is 79.9 cm³/mol. The largest absolute Gasteiger partial charge is 0.272 e. The summed E-state index contributed by atoms with van der Waals surface area (Å²) in [4.78, 5) is 19.6. The molecule has 0 aliphatic heterocycles. The third-order valence-electron chi connectivity index (χ3n) is 2.17. The normalized spacial score (nSPS) is 10.7. The highest BCUT2D eigenvalue weighted by molar-refractivity contribution is 7.99. The Labute approximate surface area is 125 Å². The zero-order valence-corrected chi connectivity index (χ0v) is 11.9. The van der Waals surface area contributed by atoms with Crippen LogP contribution in [0.3, 0.4) is 0 Å². The molecule has 1 aromatic carbocycles. The molecule has 102 valence electrons. The zero-order valence-electron chi connectivity index (χ0n) is 10.4. The maximum Gasteiger partial charge on any atom is 0.250 e. The lowest BCUT2D eigenvalue weighted by atomic mass is 10.2. The van der Waals surface area contributed by atoms with E-state index in [-0.39, 0.29) is 11.7 Å². The van der Waals surface area contributed by atoms with E-state index in [0.29, 0.717) is 10.2 Å². The molecule has 7 heteroatoms. The quantitative estimate of drug-likeness (QED) is 0.398. The highest BCUT2D eigenvalue weighted by Crippen LogP contribution is 2.12. The summed E-state index contributed by atoms with van der Waals surface area (Å²) in [6.45, 7) is 0. The lowest BCUT2D eigenvalue weighted by Crippen LogP contribution is -2.19. The third-order valence-corrected chi connectivity index (χ3v) is 3.39. The Morgan fingerprint density at radius 3 is 2.80 bits per heavy atom. The molecule has 0 saturated heterocycles. The van der Waals surface area contributed by atoms with E-state index in [1.807, 2.05) is 18.2 Å². The number of benzene rings is 1. The predicted octanol–water partition coefficient (Wildman–Crippen LogP) is 2.37. The second-order valence-electron chi connectivity index (χ2n) is 3.63. The molecule has 0 aliphatic carbocycles. The van der Waals surface area contributed by atoms with Crippen LogP contribution in [0.15, 0.2) is 53.0 Å². The number of aromatic nitrogens is 2. The van der Waals surface area contributed by atoms with E-state index >= 15 is 0 Å². The van der Waals surface area contributed by atoms with Gasteiger partial charge in [-0.3, -0.25) is 4.79 Å². The molecule has 0 bridgehead atoms. The molecule has 0 spiro atoms. The fourth-order valence-corrected chi connectivity index (χ4v) is 2.06. The Morgan fingerprint density at radius 1 is 1.30 bits per heavy atom. The van der Waals surface area contributed by atoms with Crippen molar-refractivity contribution in [2.45, 2.75) is 5.16 Å². The lowest BCUT2D eigenvalue weighted by molar-refractivity contribution is -0.118. The van der Waals surface area contributed by atoms with Gasteiger partial charge < -0.3 is 0 Å². The van der Waals surface area contributed by atoms with Gasteiger partial charge >= 0.3 is 0 Å². The summed E-state index contributed by atoms with van der Waals surface area (Å²) in [7, 11) is 0. The van der Waals surface area contributed by atoms with Crippen LogP contribution in [0.5, 0.6) is 0 Å². The van der Waals surface area contributed by atoms with Crippen molar-refractivity contribution in [3.63, 3.8) is 0 Å². The first-order valence-corrected chi connectivity index (χ1v) is 7.08. The number of thioether (sulfide) groups is 1. The number of hydrazone groups is 1. The molecule has 2 rings (SSSR count). The number of amides is 1. The minimum atomic E-state index is -0.231. The molecule has 0 unspecified atom stereocenters. The van der Waals surface area contributed by atoms with Crippen LogP contribution in [0.25, 0.3) is 0 Å². The standard InChI is InChI=1S/C13H11ClN4OS/c14-11-5-2-1-4-10(11)8-17-18-12(19)9-20-13-15-6-3-7-16-13/h1-8H,9H2,(H,18,19)/b17-8-. The number of hydrogen-bond donors (Lipinski definition) is 1. The average molecular weight is 307 g/mol. The fraction of sp³-hybridized carbons (Fsp3) is 0.0769. The lowest BCUT2D eigenvalue weighted by Gasteiger charge is -1.99. The molecule has 20 heavy (non-hydrogen) atoms. The van der Waals surface area contributed by atoms with Crippen molar-refractivity contribution in [1.29, 1.82) is 0 Å². The van der Waals surface area contributed by atoms with Crippen molar-refractivity contribution in [1.82, 2.24) is 15.4 Å². The molecule has 1 N–H and O–H groups in total. The molecular weight excluding hydrogens is 296 g/mol. The van der Waals surface area contributed by atoms with Crippen LogP contribution >= 0.6 is 23.4 Å². The molecule has 1 amide bonds. The van der Waals surface area contributed by atoms with Gasteiger partial charge in [0.05, 0.1) is 12.0 Å². The van der Waals surface area contributed by atoms with Crippen molar-refractivity contribution < 1.29 is 4.79 Å². The van der Waals surface area contributed by atoms with Crippen LogP contribution < -0.4 is 5.43 Å². The van der Waals surface area contributed by atoms with Crippen LogP contribution in [0.2, 0.25) is 5.02 Å². The summed E-state index contributed by atoms with van der Waals surface area (Å²) in [6, 6.07) is 8.96. The first kappa shape index (κ1) is 14.5. The maximum atomic E-state index is 11.6. The van der Waals surface area contributed by atoms with Gasteiger partial charge in [0.15, 0.2) is 5.16 Å². The molecule has 0 aliphatic rings. The Hall–Kier alpha value is -1.92. The Kier molecular flexibility index (Phi) is 5.52. The van der Waals surface area contributed by atoms with Crippen LogP contribution in [0.4, 0.5) is 0 Å². The summed E-state index contributed by atoms with van der Waals surface area (Å²) in [6.07, 6.45) is 4.76. The molecule has 0 fully saturated rings. The van der Waals surface area contributed by atoms with E-state index in [2.05, 4.69) is 20.5 Å². The van der Waals surface area contributed by atoms with Gasteiger partial charge in [0.2, 0.25) is 0 Å². The zero-order chi connectivity index (χ0) is 14.2. The van der Waals surface area contributed by atoms with E-state index in [0.717, 1.165) is 5.56 Å². The monoisotopic (exact) mass is 306 g/mol. The van der Waals surface area contributed by atoms with Crippen LogP contribution in [0.1, 0.15) is 5.56 Å². The van der Waals surface area contributed by atoms with Crippen LogP contribution in [-0.2, 0) is 4.79 Å². The minimum Gasteiger partial charge on any atom is -0.272 e. The number of carbonyl (C=O) groups is 1. The first-order chi connectivity index (χ1) is 9.75. The van der Waals surface area contributed by atoms with Gasteiger partial charge in [0.1, 0.15) is 0 Å². The number of nitrogens with one attached hydrogen (secondary N) is 1. The second-order valence-corrected chi connectivity index (χ2v) is 4.98. The van der Waals surface area contributed by atoms with Crippen molar-refractivity contribution in [2.24, 2.45) is 5.10 Å². The van der Waals surface area contributed by atoms with Crippen LogP contribution in [0, 0.1) is 0 Å². The van der Waals surface area contributed by atoms with E-state index in [1.54, 1.807) is 24.5 Å². The highest BCUT2D eigenvalue weighted by Gasteiger charge is 2.03. The Morgan fingerprint density at radius 2 is 2.05 bits per heavy atom. The van der Waals surface area contributed by atoms with Gasteiger partial charge in [-0.15, -0.1) is 0 Å². The second kappa shape index (κ2) is 7.62. The average Bonchev–Trinajstić information content (AvgIpc) is 2.48. The van der Waals surface area contributed by atoms with Gasteiger partial charge in [-0.25, -0.2) is 15.4 Å². The molecule has 0 atom stereocenters. The Balaban J connectivity index is 1.79. The molecule has 0 saturated carbocycles. The topological polar surface area (TPSA) is 67.2 Å². The molecule has 1 heterocycles. The minimum absolute atomic E-state index is 0.198. The van der Waals surface area contributed by atoms with Crippen molar-refractivity contribution in [2.75, 3.05) is 5.75 Å². The van der Waals surface area contributed by atoms with Gasteiger partial charge in [-0.2, -0.15) is 5.10 Å². The number of halogens is 1. The highest BCUT2D eigenvalue weighted by atomic mass is 35.5. The summed E-state index contributed by atoms with van der Waals surface area (Å²) in [5.74, 6) is -0.0325. The van der Waals surface area contributed by atoms with Crippen LogP contribution in [-0.4, -0.2) is 27.8 Å². The molecular formula is C13H11ClN4OS. The number of hydrogen-bond acceptors (Lipinski definition) is 5. The summed E-state index contributed by atoms with van der Waals surface area (Å²) in [5, 5.41) is 4.99. The number of nitrogens with zero attached hydrogens (tertiary/aromatic N) is 3. The third kappa shape index (κ3) is 4.64. The first-order valence-electron chi connectivity index (χ1n) is 5.72. The van der Waals surface area contributed by atoms with E-state index < -0.39 is 0 Å². The van der Waals surface area contributed by atoms with Crippen molar-refractivity contribution in [3.8, 4) is 0 Å². The maximum absolute atomic E-state index is 11.6. The van der Waals surface area contributed by atoms with Gasteiger partial charge in [0.25, 0.3) is 5.91 Å². The van der Waals surface area contributed by atoms with Gasteiger partial charge in [-0.05, 0) is 12.1 Å². The van der Waals surface area contributed by atoms with E-state index in [9.17, 15) is 4.79 Å². The fourth-order valence-electron chi connectivity index (χ4n) is 1.28. The van der Waals surface area contributed by atoms with Crippen molar-refractivity contribution in [3.05, 3.63) is 53.3 Å². The molecule has 0 radical (unpaired) electrons. The molecule has 5 nitrogen and oxygen atoms in total. The summed E-state index contributed by atoms with van der Waals surface area (Å²) >= 11 is 7.20. The molecule has 1 aromatic heterocycles. The number of carbonyl (C=O) groups excluding carboxylic acids is 1. The van der Waals surface area contributed by atoms with Crippen molar-refractivity contribution >= 4 is 35.5 Å². The van der Waals surface area contributed by atoms with Gasteiger partial charge in [0, 0.05) is 23.0 Å². The summed E-state index contributed by atoms with van der Waals surface area (Å²) in [5.41, 5.74) is 3.17. The molecule has 2 aromatic rings. The smallest absolute Gasteiger partial charge is 0.250 e. The number of rotatable bonds is 5. The van der Waals surface area contributed by atoms with E-state index in [1.165, 1.54) is 18.0 Å². The van der Waals surface area contributed by atoms with Gasteiger partial charge in [-0.1, -0.05) is 41.6 Å². The summed E-state index contributed by atoms with van der Waals surface area (Å²) < 4.78 is 0. The van der Waals surface area contributed by atoms with E-state index in [4.69, 9.17) is 11.6 Å². The Bertz CT molecular complexity index is 606. The SMILES string of the molecule is O=C(CSc1ncccn1)N/N=C\c1ccccc1Cl.